The van der Waals surface area contributed by atoms with Crippen LogP contribution in [0.2, 0.25) is 0 Å². The van der Waals surface area contributed by atoms with E-state index in [2.05, 4.69) is 26.1 Å². The first kappa shape index (κ1) is 16.3. The molecule has 5 heteroatoms. The quantitative estimate of drug-likeness (QED) is 0.907. The summed E-state index contributed by atoms with van der Waals surface area (Å²) < 4.78 is 27.0. The fourth-order valence-electron chi connectivity index (χ4n) is 2.74. The van der Waals surface area contributed by atoms with Gasteiger partial charge in [0.05, 0.1) is 4.90 Å². The van der Waals surface area contributed by atoms with Crippen molar-refractivity contribution < 1.29 is 8.42 Å². The molecule has 1 aliphatic heterocycles. The molecule has 1 heterocycles. The Hall–Kier alpha value is -1.07. The molecule has 1 fully saturated rings. The van der Waals surface area contributed by atoms with E-state index in [9.17, 15) is 8.42 Å². The lowest BCUT2D eigenvalue weighted by atomic mass is 9.85. The molecule has 21 heavy (non-hydrogen) atoms. The molecule has 1 saturated heterocycles. The predicted molar refractivity (Wildman–Crippen MR) is 87.0 cm³/mol. The van der Waals surface area contributed by atoms with Gasteiger partial charge in [0.15, 0.2) is 0 Å². The lowest BCUT2D eigenvalue weighted by Crippen LogP contribution is -2.43. The third-order valence-corrected chi connectivity index (χ3v) is 5.80. The summed E-state index contributed by atoms with van der Waals surface area (Å²) >= 11 is 0. The Balaban J connectivity index is 2.15. The molecule has 0 amide bonds. The van der Waals surface area contributed by atoms with Gasteiger partial charge in [-0.15, -0.1) is 0 Å². The van der Waals surface area contributed by atoms with Gasteiger partial charge in [0.2, 0.25) is 10.0 Å². The van der Waals surface area contributed by atoms with Gasteiger partial charge in [-0.3, -0.25) is 0 Å². The smallest absolute Gasteiger partial charge is 0.243 e. The number of nitrogens with zero attached hydrogens (tertiary/aromatic N) is 1. The van der Waals surface area contributed by atoms with Gasteiger partial charge in [-0.25, -0.2) is 8.42 Å². The third-order valence-electron chi connectivity index (χ3n) is 3.94. The van der Waals surface area contributed by atoms with Crippen molar-refractivity contribution >= 4 is 15.7 Å². The minimum atomic E-state index is -3.36. The maximum atomic E-state index is 12.7. The molecular weight excluding hydrogens is 284 g/mol. The van der Waals surface area contributed by atoms with E-state index in [4.69, 9.17) is 0 Å². The average molecular weight is 310 g/mol. The SMILES string of the molecule is CCCNc1ccc(S(=O)(=O)N2CCCC(C)(C)C2)cc1. The molecule has 1 N–H and O–H groups in total. The summed E-state index contributed by atoms with van der Waals surface area (Å²) in [6, 6.07) is 7.10. The van der Waals surface area contributed by atoms with Crippen molar-refractivity contribution in [2.75, 3.05) is 25.0 Å². The zero-order valence-electron chi connectivity index (χ0n) is 13.2. The number of rotatable bonds is 5. The van der Waals surface area contributed by atoms with E-state index in [1.54, 1.807) is 16.4 Å². The van der Waals surface area contributed by atoms with Crippen LogP contribution in [0.15, 0.2) is 29.2 Å². The summed E-state index contributed by atoms with van der Waals surface area (Å²) in [4.78, 5) is 0.391. The van der Waals surface area contributed by atoms with Crippen LogP contribution >= 0.6 is 0 Å². The summed E-state index contributed by atoms with van der Waals surface area (Å²) in [5.41, 5.74) is 1.03. The standard InChI is InChI=1S/C16H26N2O2S/c1-4-11-17-14-6-8-15(9-7-14)21(19,20)18-12-5-10-16(2,3)13-18/h6-9,17H,4-5,10-13H2,1-3H3. The first-order valence-electron chi connectivity index (χ1n) is 7.69. The van der Waals surface area contributed by atoms with Crippen LogP contribution in [0.5, 0.6) is 0 Å². The number of nitrogens with one attached hydrogen (secondary N) is 1. The molecule has 0 radical (unpaired) electrons. The summed E-state index contributed by atoms with van der Waals surface area (Å²) in [5, 5.41) is 3.26. The largest absolute Gasteiger partial charge is 0.385 e. The zero-order valence-corrected chi connectivity index (χ0v) is 14.0. The molecule has 1 aromatic rings. The molecule has 0 atom stereocenters. The minimum Gasteiger partial charge on any atom is -0.385 e. The van der Waals surface area contributed by atoms with Crippen LogP contribution in [0.25, 0.3) is 0 Å². The first-order chi connectivity index (χ1) is 9.85. The molecule has 118 valence electrons. The lowest BCUT2D eigenvalue weighted by Gasteiger charge is -2.37. The Morgan fingerprint density at radius 3 is 2.48 bits per heavy atom. The molecule has 0 unspecified atom stereocenters. The fraction of sp³-hybridized carbons (Fsp3) is 0.625. The summed E-state index contributed by atoms with van der Waals surface area (Å²) in [7, 11) is -3.36. The number of benzene rings is 1. The maximum Gasteiger partial charge on any atom is 0.243 e. The highest BCUT2D eigenvalue weighted by atomic mass is 32.2. The van der Waals surface area contributed by atoms with Crippen molar-refractivity contribution in [2.24, 2.45) is 5.41 Å². The molecule has 2 rings (SSSR count). The summed E-state index contributed by atoms with van der Waals surface area (Å²) in [6.07, 6.45) is 3.06. The molecular formula is C16H26N2O2S. The van der Waals surface area contributed by atoms with Crippen LogP contribution in [-0.2, 0) is 10.0 Å². The molecule has 1 aromatic carbocycles. The van der Waals surface area contributed by atoms with Crippen molar-refractivity contribution in [3.05, 3.63) is 24.3 Å². The van der Waals surface area contributed by atoms with Crippen molar-refractivity contribution in [3.8, 4) is 0 Å². The monoisotopic (exact) mass is 310 g/mol. The van der Waals surface area contributed by atoms with Gasteiger partial charge >= 0.3 is 0 Å². The molecule has 0 aromatic heterocycles. The van der Waals surface area contributed by atoms with E-state index in [1.165, 1.54) is 0 Å². The van der Waals surface area contributed by atoms with Gasteiger partial charge in [-0.05, 0) is 48.9 Å². The fourth-order valence-corrected chi connectivity index (χ4v) is 4.40. The highest BCUT2D eigenvalue weighted by Crippen LogP contribution is 2.31. The lowest BCUT2D eigenvalue weighted by molar-refractivity contribution is 0.187. The Morgan fingerprint density at radius 1 is 1.24 bits per heavy atom. The number of sulfonamides is 1. The molecule has 0 bridgehead atoms. The Morgan fingerprint density at radius 2 is 1.90 bits per heavy atom. The first-order valence-corrected chi connectivity index (χ1v) is 9.13. The van der Waals surface area contributed by atoms with Gasteiger partial charge < -0.3 is 5.32 Å². The van der Waals surface area contributed by atoms with E-state index in [0.717, 1.165) is 31.5 Å². The van der Waals surface area contributed by atoms with Crippen LogP contribution in [0, 0.1) is 5.41 Å². The normalized spacial score (nSPS) is 19.4. The van der Waals surface area contributed by atoms with E-state index < -0.39 is 10.0 Å². The maximum absolute atomic E-state index is 12.7. The minimum absolute atomic E-state index is 0.0634. The second kappa shape index (κ2) is 6.36. The van der Waals surface area contributed by atoms with Gasteiger partial charge in [-0.2, -0.15) is 4.31 Å². The van der Waals surface area contributed by atoms with Gasteiger partial charge in [0.1, 0.15) is 0 Å². The second-order valence-electron chi connectivity index (χ2n) is 6.56. The highest BCUT2D eigenvalue weighted by molar-refractivity contribution is 7.89. The van der Waals surface area contributed by atoms with E-state index in [-0.39, 0.29) is 5.41 Å². The van der Waals surface area contributed by atoms with Crippen molar-refractivity contribution in [1.82, 2.24) is 4.31 Å². The molecule has 1 aliphatic rings. The summed E-state index contributed by atoms with van der Waals surface area (Å²) in [6.45, 7) is 8.49. The number of anilines is 1. The van der Waals surface area contributed by atoms with Crippen LogP contribution < -0.4 is 5.32 Å². The topological polar surface area (TPSA) is 49.4 Å². The molecule has 0 spiro atoms. The van der Waals surface area contributed by atoms with Crippen molar-refractivity contribution in [2.45, 2.75) is 44.9 Å². The van der Waals surface area contributed by atoms with Crippen LogP contribution in [0.1, 0.15) is 40.0 Å². The zero-order chi connectivity index (χ0) is 15.5. The predicted octanol–water partition coefficient (Wildman–Crippen LogP) is 3.32. The second-order valence-corrected chi connectivity index (χ2v) is 8.50. The molecule has 4 nitrogen and oxygen atoms in total. The van der Waals surface area contributed by atoms with E-state index in [1.807, 2.05) is 12.1 Å². The van der Waals surface area contributed by atoms with Crippen molar-refractivity contribution in [3.63, 3.8) is 0 Å². The summed E-state index contributed by atoms with van der Waals surface area (Å²) in [5.74, 6) is 0. The van der Waals surface area contributed by atoms with Gasteiger partial charge in [0, 0.05) is 25.3 Å². The highest BCUT2D eigenvalue weighted by Gasteiger charge is 2.33. The number of hydrogen-bond acceptors (Lipinski definition) is 3. The number of piperidine rings is 1. The average Bonchev–Trinajstić information content (AvgIpc) is 2.44. The van der Waals surface area contributed by atoms with Crippen LogP contribution in [0.4, 0.5) is 5.69 Å². The van der Waals surface area contributed by atoms with Gasteiger partial charge in [0.25, 0.3) is 0 Å². The van der Waals surface area contributed by atoms with E-state index in [0.29, 0.717) is 18.0 Å². The Labute approximate surface area is 128 Å². The molecule has 0 aliphatic carbocycles. The van der Waals surface area contributed by atoms with Crippen molar-refractivity contribution in [1.29, 1.82) is 0 Å². The van der Waals surface area contributed by atoms with E-state index >= 15 is 0 Å². The Bertz CT molecular complexity index is 564. The molecule has 0 saturated carbocycles. The number of hydrogen-bond donors (Lipinski definition) is 1. The van der Waals surface area contributed by atoms with Gasteiger partial charge in [-0.1, -0.05) is 20.8 Å². The Kier molecular flexibility index (Phi) is 4.94. The third kappa shape index (κ3) is 3.98. The van der Waals surface area contributed by atoms with Crippen LogP contribution in [-0.4, -0.2) is 32.4 Å². The van der Waals surface area contributed by atoms with Crippen LogP contribution in [0.3, 0.4) is 0 Å².